The summed E-state index contributed by atoms with van der Waals surface area (Å²) in [6.07, 6.45) is 2.79. The van der Waals surface area contributed by atoms with Crippen molar-refractivity contribution in [3.8, 4) is 28.7 Å². The Morgan fingerprint density at radius 1 is 0.769 bits per heavy atom. The van der Waals surface area contributed by atoms with Crippen LogP contribution >= 0.6 is 0 Å². The molecule has 138 valence electrons. The van der Waals surface area contributed by atoms with Crippen LogP contribution in [-0.4, -0.2) is 34.5 Å². The van der Waals surface area contributed by atoms with Crippen molar-refractivity contribution in [1.29, 1.82) is 0 Å². The standard InChI is InChI=1S/C19H21NO6/c1-22-14-8-7-12(9-15(14)26-19(20)21)5-6-13-10-16(23-2)18(25-4)17(11-13)24-3/h5-11H,1-4H3,(H2,20,21)/b6-5-. The highest BCUT2D eigenvalue weighted by molar-refractivity contribution is 5.75. The fraction of sp³-hybridized carbons (Fsp3) is 0.211. The Morgan fingerprint density at radius 3 is 1.81 bits per heavy atom. The van der Waals surface area contributed by atoms with Crippen molar-refractivity contribution in [3.63, 3.8) is 0 Å². The van der Waals surface area contributed by atoms with E-state index >= 15 is 0 Å². The number of carbonyl (C=O) groups is 1. The average molecular weight is 359 g/mol. The van der Waals surface area contributed by atoms with Gasteiger partial charge < -0.3 is 29.4 Å². The van der Waals surface area contributed by atoms with Gasteiger partial charge >= 0.3 is 6.09 Å². The highest BCUT2D eigenvalue weighted by Gasteiger charge is 2.12. The van der Waals surface area contributed by atoms with E-state index in [1.165, 1.54) is 7.11 Å². The second-order valence-electron chi connectivity index (χ2n) is 5.12. The molecule has 7 nitrogen and oxygen atoms in total. The van der Waals surface area contributed by atoms with Crippen LogP contribution in [0.5, 0.6) is 28.7 Å². The van der Waals surface area contributed by atoms with Crippen molar-refractivity contribution in [3.05, 3.63) is 41.5 Å². The number of benzene rings is 2. The second kappa shape index (κ2) is 8.66. The van der Waals surface area contributed by atoms with E-state index in [1.54, 1.807) is 33.5 Å². The Balaban J connectivity index is 2.36. The van der Waals surface area contributed by atoms with Crippen LogP contribution in [0.15, 0.2) is 30.3 Å². The van der Waals surface area contributed by atoms with Crippen LogP contribution in [0.25, 0.3) is 12.2 Å². The molecule has 1 amide bonds. The Morgan fingerprint density at radius 2 is 1.31 bits per heavy atom. The number of hydrogen-bond donors (Lipinski definition) is 1. The van der Waals surface area contributed by atoms with E-state index in [0.717, 1.165) is 11.1 Å². The SMILES string of the molecule is COc1ccc(/C=C\c2cc(OC)c(OC)c(OC)c2)cc1OC(N)=O. The molecule has 0 unspecified atom stereocenters. The first-order valence-electron chi connectivity index (χ1n) is 7.65. The van der Waals surface area contributed by atoms with Crippen LogP contribution < -0.4 is 29.4 Å². The molecule has 2 aromatic rings. The van der Waals surface area contributed by atoms with Gasteiger partial charge in [0.25, 0.3) is 0 Å². The van der Waals surface area contributed by atoms with Gasteiger partial charge in [0.05, 0.1) is 28.4 Å². The molecule has 0 atom stereocenters. The number of nitrogens with two attached hydrogens (primary N) is 1. The molecule has 0 radical (unpaired) electrons. The van der Waals surface area contributed by atoms with Gasteiger partial charge in [0.2, 0.25) is 5.75 Å². The molecular weight excluding hydrogens is 338 g/mol. The molecule has 2 aromatic carbocycles. The second-order valence-corrected chi connectivity index (χ2v) is 5.12. The molecule has 0 saturated heterocycles. The molecule has 2 rings (SSSR count). The van der Waals surface area contributed by atoms with Crippen LogP contribution in [0.4, 0.5) is 4.79 Å². The van der Waals surface area contributed by atoms with Crippen LogP contribution in [-0.2, 0) is 0 Å². The third-order valence-electron chi connectivity index (χ3n) is 3.55. The summed E-state index contributed by atoms with van der Waals surface area (Å²) in [6.45, 7) is 0. The normalized spacial score (nSPS) is 10.5. The minimum Gasteiger partial charge on any atom is -0.493 e. The van der Waals surface area contributed by atoms with Gasteiger partial charge in [0, 0.05) is 0 Å². The predicted octanol–water partition coefficient (Wildman–Crippen LogP) is 3.35. The van der Waals surface area contributed by atoms with Gasteiger partial charge in [0.1, 0.15) is 0 Å². The quantitative estimate of drug-likeness (QED) is 0.763. The molecule has 26 heavy (non-hydrogen) atoms. The van der Waals surface area contributed by atoms with Gasteiger partial charge in [-0.2, -0.15) is 0 Å². The maximum atomic E-state index is 11.0. The van der Waals surface area contributed by atoms with E-state index < -0.39 is 6.09 Å². The first-order chi connectivity index (χ1) is 12.5. The van der Waals surface area contributed by atoms with Gasteiger partial charge in [-0.15, -0.1) is 0 Å². The molecule has 0 saturated carbocycles. The molecule has 2 N–H and O–H groups in total. The first kappa shape index (κ1) is 19.0. The van der Waals surface area contributed by atoms with Crippen LogP contribution in [0.2, 0.25) is 0 Å². The van der Waals surface area contributed by atoms with Crippen LogP contribution in [0, 0.1) is 0 Å². The van der Waals surface area contributed by atoms with Crippen molar-refractivity contribution >= 4 is 18.2 Å². The predicted molar refractivity (Wildman–Crippen MR) is 98.2 cm³/mol. The number of rotatable bonds is 7. The van der Waals surface area contributed by atoms with E-state index in [2.05, 4.69) is 0 Å². The monoisotopic (exact) mass is 359 g/mol. The molecule has 7 heteroatoms. The molecule has 0 aromatic heterocycles. The molecule has 0 aliphatic rings. The number of amides is 1. The van der Waals surface area contributed by atoms with Gasteiger partial charge in [0.15, 0.2) is 23.0 Å². The van der Waals surface area contributed by atoms with E-state index in [1.807, 2.05) is 30.4 Å². The lowest BCUT2D eigenvalue weighted by molar-refractivity contribution is 0.208. The molecule has 0 aliphatic heterocycles. The number of primary amides is 1. The van der Waals surface area contributed by atoms with Gasteiger partial charge in [-0.3, -0.25) is 0 Å². The van der Waals surface area contributed by atoms with E-state index in [9.17, 15) is 4.79 Å². The average Bonchev–Trinajstić information content (AvgIpc) is 2.65. The Bertz CT molecular complexity index is 791. The fourth-order valence-electron chi connectivity index (χ4n) is 2.38. The summed E-state index contributed by atoms with van der Waals surface area (Å²) < 4.78 is 26.1. The van der Waals surface area contributed by atoms with Crippen molar-refractivity contribution < 1.29 is 28.5 Å². The molecular formula is C19H21NO6. The molecule has 0 fully saturated rings. The summed E-state index contributed by atoms with van der Waals surface area (Å²) in [5, 5.41) is 0. The van der Waals surface area contributed by atoms with Crippen molar-refractivity contribution in [2.45, 2.75) is 0 Å². The highest BCUT2D eigenvalue weighted by atomic mass is 16.6. The van der Waals surface area contributed by atoms with Crippen LogP contribution in [0.3, 0.4) is 0 Å². The maximum absolute atomic E-state index is 11.0. The maximum Gasteiger partial charge on any atom is 0.410 e. The summed E-state index contributed by atoms with van der Waals surface area (Å²) in [4.78, 5) is 11.0. The van der Waals surface area contributed by atoms with Gasteiger partial charge in [-0.1, -0.05) is 18.2 Å². The Kier molecular flexibility index (Phi) is 6.32. The smallest absolute Gasteiger partial charge is 0.410 e. The minimum atomic E-state index is -0.908. The third-order valence-corrected chi connectivity index (χ3v) is 3.55. The summed E-state index contributed by atoms with van der Waals surface area (Å²) in [6, 6.07) is 8.80. The van der Waals surface area contributed by atoms with E-state index in [0.29, 0.717) is 23.0 Å². The topological polar surface area (TPSA) is 89.2 Å². The Hall–Kier alpha value is -3.35. The van der Waals surface area contributed by atoms with Crippen molar-refractivity contribution in [2.75, 3.05) is 28.4 Å². The van der Waals surface area contributed by atoms with E-state index in [4.69, 9.17) is 29.4 Å². The Labute approximate surface area is 151 Å². The van der Waals surface area contributed by atoms with Crippen LogP contribution in [0.1, 0.15) is 11.1 Å². The fourth-order valence-corrected chi connectivity index (χ4v) is 2.38. The summed E-state index contributed by atoms with van der Waals surface area (Å²) in [7, 11) is 6.14. The molecule has 0 aliphatic carbocycles. The molecule has 0 spiro atoms. The summed E-state index contributed by atoms with van der Waals surface area (Å²) in [5.74, 6) is 2.28. The zero-order valence-corrected chi connectivity index (χ0v) is 15.1. The summed E-state index contributed by atoms with van der Waals surface area (Å²) >= 11 is 0. The summed E-state index contributed by atoms with van der Waals surface area (Å²) in [5.41, 5.74) is 6.71. The van der Waals surface area contributed by atoms with Gasteiger partial charge in [-0.05, 0) is 35.4 Å². The zero-order chi connectivity index (χ0) is 19.1. The number of carbonyl (C=O) groups excluding carboxylic acids is 1. The minimum absolute atomic E-state index is 0.243. The lowest BCUT2D eigenvalue weighted by Crippen LogP contribution is -2.16. The van der Waals surface area contributed by atoms with E-state index in [-0.39, 0.29) is 5.75 Å². The molecule has 0 bridgehead atoms. The third kappa shape index (κ3) is 4.38. The number of methoxy groups -OCH3 is 4. The lowest BCUT2D eigenvalue weighted by atomic mass is 10.1. The largest absolute Gasteiger partial charge is 0.493 e. The highest BCUT2D eigenvalue weighted by Crippen LogP contribution is 2.38. The van der Waals surface area contributed by atoms with Gasteiger partial charge in [-0.25, -0.2) is 4.79 Å². The van der Waals surface area contributed by atoms with Crippen molar-refractivity contribution in [1.82, 2.24) is 0 Å². The number of hydrogen-bond acceptors (Lipinski definition) is 6. The lowest BCUT2D eigenvalue weighted by Gasteiger charge is -2.13. The molecule has 0 heterocycles. The van der Waals surface area contributed by atoms with Crippen molar-refractivity contribution in [2.24, 2.45) is 5.73 Å². The zero-order valence-electron chi connectivity index (χ0n) is 15.1. The number of ether oxygens (including phenoxy) is 5. The first-order valence-corrected chi connectivity index (χ1v) is 7.65.